The highest BCUT2D eigenvalue weighted by atomic mass is 35.5. The Morgan fingerprint density at radius 2 is 1.71 bits per heavy atom. The van der Waals surface area contributed by atoms with E-state index >= 15 is 0 Å². The van der Waals surface area contributed by atoms with E-state index in [0.29, 0.717) is 43.3 Å². The predicted molar refractivity (Wildman–Crippen MR) is 103 cm³/mol. The van der Waals surface area contributed by atoms with Gasteiger partial charge in [-0.1, -0.05) is 11.6 Å². The molecule has 154 valence electrons. The van der Waals surface area contributed by atoms with Crippen LogP contribution in [0.5, 0.6) is 5.75 Å². The second-order valence-electron chi connectivity index (χ2n) is 7.05. The Hall–Kier alpha value is -2.28. The molecule has 28 heavy (non-hydrogen) atoms. The van der Waals surface area contributed by atoms with Gasteiger partial charge in [0.2, 0.25) is 0 Å². The molecule has 0 bridgehead atoms. The molecule has 1 aliphatic heterocycles. The maximum absolute atomic E-state index is 12.3. The van der Waals surface area contributed by atoms with Crippen LogP contribution < -0.4 is 4.74 Å². The Labute approximate surface area is 169 Å². The lowest BCUT2D eigenvalue weighted by Gasteiger charge is -2.31. The summed E-state index contributed by atoms with van der Waals surface area (Å²) in [4.78, 5) is 38.0. The molecule has 1 saturated heterocycles. The fraction of sp³-hybridized carbons (Fsp3) is 0.550. The molecule has 1 aliphatic rings. The van der Waals surface area contributed by atoms with Gasteiger partial charge in [0.25, 0.3) is 5.91 Å². The van der Waals surface area contributed by atoms with Gasteiger partial charge in [-0.25, -0.2) is 4.79 Å². The number of likely N-dealkylation sites (tertiary alicyclic amines) is 1. The topological polar surface area (TPSA) is 82.1 Å². The molecular formula is C20H26ClNO6. The number of piperidine rings is 1. The Balaban J connectivity index is 1.79. The van der Waals surface area contributed by atoms with E-state index in [1.54, 1.807) is 49.9 Å². The van der Waals surface area contributed by atoms with Crippen LogP contribution in [0.15, 0.2) is 24.3 Å². The minimum absolute atomic E-state index is 0.182. The number of rotatable bonds is 7. The highest BCUT2D eigenvalue weighted by molar-refractivity contribution is 6.30. The molecule has 0 aromatic heterocycles. The van der Waals surface area contributed by atoms with Gasteiger partial charge in [-0.05, 0) is 57.9 Å². The van der Waals surface area contributed by atoms with Gasteiger partial charge in [0.1, 0.15) is 5.75 Å². The lowest BCUT2D eigenvalue weighted by Crippen LogP contribution is -2.45. The summed E-state index contributed by atoms with van der Waals surface area (Å²) in [5.41, 5.74) is -1.26. The summed E-state index contributed by atoms with van der Waals surface area (Å²) in [6.45, 7) is 5.76. The molecular weight excluding hydrogens is 386 g/mol. The summed E-state index contributed by atoms with van der Waals surface area (Å²) in [5.74, 6) is -0.866. The van der Waals surface area contributed by atoms with Crippen molar-refractivity contribution in [2.75, 3.05) is 26.3 Å². The van der Waals surface area contributed by atoms with Crippen molar-refractivity contribution in [2.24, 2.45) is 5.92 Å². The average Bonchev–Trinajstić information content (AvgIpc) is 2.67. The molecule has 7 nitrogen and oxygen atoms in total. The van der Waals surface area contributed by atoms with E-state index < -0.39 is 11.6 Å². The zero-order chi connectivity index (χ0) is 20.7. The number of benzene rings is 1. The molecule has 0 aliphatic carbocycles. The van der Waals surface area contributed by atoms with Crippen LogP contribution in [0.3, 0.4) is 0 Å². The first-order valence-electron chi connectivity index (χ1n) is 9.29. The molecule has 0 spiro atoms. The van der Waals surface area contributed by atoms with Crippen LogP contribution in [0, 0.1) is 5.92 Å². The maximum atomic E-state index is 12.3. The van der Waals surface area contributed by atoms with Crippen molar-refractivity contribution < 1.29 is 28.6 Å². The zero-order valence-corrected chi connectivity index (χ0v) is 17.2. The van der Waals surface area contributed by atoms with Gasteiger partial charge in [-0.15, -0.1) is 0 Å². The fourth-order valence-electron chi connectivity index (χ4n) is 2.86. The van der Waals surface area contributed by atoms with Crippen LogP contribution in [0.4, 0.5) is 0 Å². The van der Waals surface area contributed by atoms with Crippen LogP contribution in [-0.2, 0) is 23.9 Å². The van der Waals surface area contributed by atoms with E-state index in [1.165, 1.54) is 0 Å². The van der Waals surface area contributed by atoms with Gasteiger partial charge in [-0.3, -0.25) is 9.59 Å². The summed E-state index contributed by atoms with van der Waals surface area (Å²) in [6.07, 6.45) is 1.09. The van der Waals surface area contributed by atoms with Crippen LogP contribution in [0.1, 0.15) is 33.6 Å². The van der Waals surface area contributed by atoms with Crippen LogP contribution in [-0.4, -0.2) is 54.7 Å². The van der Waals surface area contributed by atoms with Crippen molar-refractivity contribution in [3.63, 3.8) is 0 Å². The fourth-order valence-corrected chi connectivity index (χ4v) is 2.98. The quantitative estimate of drug-likeness (QED) is 0.641. The van der Waals surface area contributed by atoms with Crippen molar-refractivity contribution in [3.8, 4) is 5.75 Å². The van der Waals surface area contributed by atoms with Gasteiger partial charge in [0.15, 0.2) is 12.2 Å². The summed E-state index contributed by atoms with van der Waals surface area (Å²) in [6, 6.07) is 6.61. The molecule has 0 atom stereocenters. The van der Waals surface area contributed by atoms with Crippen molar-refractivity contribution in [3.05, 3.63) is 29.3 Å². The molecule has 0 radical (unpaired) electrons. The van der Waals surface area contributed by atoms with Gasteiger partial charge in [0, 0.05) is 18.1 Å². The normalized spacial score (nSPS) is 15.1. The van der Waals surface area contributed by atoms with Gasteiger partial charge < -0.3 is 19.1 Å². The number of ether oxygens (including phenoxy) is 3. The molecule has 1 fully saturated rings. The van der Waals surface area contributed by atoms with Gasteiger partial charge >= 0.3 is 11.9 Å². The number of nitrogens with zero attached hydrogens (tertiary/aromatic N) is 1. The van der Waals surface area contributed by atoms with Crippen LogP contribution >= 0.6 is 11.6 Å². The molecule has 0 saturated carbocycles. The third kappa shape index (κ3) is 6.12. The molecule has 1 aromatic carbocycles. The van der Waals surface area contributed by atoms with E-state index in [0.717, 1.165) is 0 Å². The second-order valence-corrected chi connectivity index (χ2v) is 7.49. The smallest absolute Gasteiger partial charge is 0.350 e. The molecule has 0 N–H and O–H groups in total. The van der Waals surface area contributed by atoms with Crippen molar-refractivity contribution in [1.82, 2.24) is 4.90 Å². The first-order chi connectivity index (χ1) is 13.2. The number of esters is 2. The predicted octanol–water partition coefficient (Wildman–Crippen LogP) is 2.84. The SMILES string of the molecule is CCOC(=O)C1CCN(C(=O)COC(=O)C(C)(C)Oc2ccc(Cl)cc2)CC1. The summed E-state index contributed by atoms with van der Waals surface area (Å²) in [5, 5.41) is 0.560. The van der Waals surface area contributed by atoms with Crippen molar-refractivity contribution in [2.45, 2.75) is 39.2 Å². The lowest BCUT2D eigenvalue weighted by atomic mass is 9.97. The van der Waals surface area contributed by atoms with E-state index in [-0.39, 0.29) is 24.4 Å². The minimum Gasteiger partial charge on any atom is -0.476 e. The molecule has 1 heterocycles. The number of halogens is 1. The standard InChI is InChI=1S/C20H26ClNO6/c1-4-26-18(24)14-9-11-22(12-10-14)17(23)13-27-19(25)20(2,3)28-16-7-5-15(21)6-8-16/h5-8,14H,4,9-13H2,1-3H3. The Morgan fingerprint density at radius 1 is 1.11 bits per heavy atom. The highest BCUT2D eigenvalue weighted by Gasteiger charge is 2.34. The maximum Gasteiger partial charge on any atom is 0.350 e. The van der Waals surface area contributed by atoms with Crippen LogP contribution in [0.2, 0.25) is 5.02 Å². The molecule has 0 unspecified atom stereocenters. The van der Waals surface area contributed by atoms with Gasteiger partial charge in [-0.2, -0.15) is 0 Å². The first kappa shape index (κ1) is 22.0. The van der Waals surface area contributed by atoms with E-state index in [2.05, 4.69) is 0 Å². The molecule has 8 heteroatoms. The Morgan fingerprint density at radius 3 is 2.29 bits per heavy atom. The number of carbonyl (C=O) groups excluding carboxylic acids is 3. The third-order valence-corrected chi connectivity index (χ3v) is 4.72. The van der Waals surface area contributed by atoms with Crippen molar-refractivity contribution >= 4 is 29.4 Å². The lowest BCUT2D eigenvalue weighted by molar-refractivity contribution is -0.164. The number of hydrogen-bond acceptors (Lipinski definition) is 6. The first-order valence-corrected chi connectivity index (χ1v) is 9.67. The zero-order valence-electron chi connectivity index (χ0n) is 16.4. The molecule has 1 amide bonds. The number of carbonyl (C=O) groups is 3. The monoisotopic (exact) mass is 411 g/mol. The van der Waals surface area contributed by atoms with Gasteiger partial charge in [0.05, 0.1) is 12.5 Å². The minimum atomic E-state index is -1.26. The van der Waals surface area contributed by atoms with Crippen LogP contribution in [0.25, 0.3) is 0 Å². The summed E-state index contributed by atoms with van der Waals surface area (Å²) in [7, 11) is 0. The van der Waals surface area contributed by atoms with E-state index in [9.17, 15) is 14.4 Å². The Kier molecular flexibility index (Phi) is 7.69. The van der Waals surface area contributed by atoms with E-state index in [4.69, 9.17) is 25.8 Å². The van der Waals surface area contributed by atoms with E-state index in [1.807, 2.05) is 0 Å². The third-order valence-electron chi connectivity index (χ3n) is 4.47. The summed E-state index contributed by atoms with van der Waals surface area (Å²) < 4.78 is 15.8. The summed E-state index contributed by atoms with van der Waals surface area (Å²) >= 11 is 5.83. The number of hydrogen-bond donors (Lipinski definition) is 0. The molecule has 1 aromatic rings. The van der Waals surface area contributed by atoms with Crippen molar-refractivity contribution in [1.29, 1.82) is 0 Å². The Bertz CT molecular complexity index is 695. The highest BCUT2D eigenvalue weighted by Crippen LogP contribution is 2.22. The number of amides is 1. The average molecular weight is 412 g/mol. The molecule has 2 rings (SSSR count). The largest absolute Gasteiger partial charge is 0.476 e. The second kappa shape index (κ2) is 9.78.